The molecular formula is C21H21NO5. The third kappa shape index (κ3) is 3.23. The van der Waals surface area contributed by atoms with E-state index in [0.29, 0.717) is 5.56 Å². The first kappa shape index (κ1) is 18.8. The number of non-ortho nitro benzene ring substituents is 1. The molecule has 1 aliphatic rings. The molecule has 0 amide bonds. The summed E-state index contributed by atoms with van der Waals surface area (Å²) in [5.74, 6) is -0.766. The second kappa shape index (κ2) is 6.61. The van der Waals surface area contributed by atoms with E-state index in [1.54, 1.807) is 32.9 Å². The molecule has 3 rings (SSSR count). The molecule has 0 radical (unpaired) electrons. The van der Waals surface area contributed by atoms with Crippen molar-refractivity contribution in [2.45, 2.75) is 33.3 Å². The lowest BCUT2D eigenvalue weighted by atomic mass is 9.64. The van der Waals surface area contributed by atoms with Crippen LogP contribution in [0.5, 0.6) is 0 Å². The minimum Gasteiger partial charge on any atom is -0.456 e. The molecule has 0 unspecified atom stereocenters. The molecule has 1 saturated heterocycles. The van der Waals surface area contributed by atoms with Crippen LogP contribution >= 0.6 is 0 Å². The summed E-state index contributed by atoms with van der Waals surface area (Å²) in [5, 5.41) is 10.8. The lowest BCUT2D eigenvalue weighted by molar-refractivity contribution is -0.384. The van der Waals surface area contributed by atoms with Crippen LogP contribution in [0, 0.1) is 20.9 Å². The van der Waals surface area contributed by atoms with Crippen LogP contribution < -0.4 is 0 Å². The van der Waals surface area contributed by atoms with Crippen molar-refractivity contribution in [1.29, 1.82) is 0 Å². The number of ketones is 1. The van der Waals surface area contributed by atoms with E-state index in [4.69, 9.17) is 4.74 Å². The maximum atomic E-state index is 13.3. The molecule has 0 spiro atoms. The molecule has 2 atom stereocenters. The van der Waals surface area contributed by atoms with Crippen molar-refractivity contribution in [2.75, 3.05) is 0 Å². The van der Waals surface area contributed by atoms with Crippen LogP contribution in [0.25, 0.3) is 0 Å². The van der Waals surface area contributed by atoms with Crippen LogP contribution in [-0.2, 0) is 20.7 Å². The highest BCUT2D eigenvalue weighted by molar-refractivity contribution is 6.08. The number of ether oxygens (including phenoxy) is 1. The van der Waals surface area contributed by atoms with E-state index < -0.39 is 27.8 Å². The fraction of sp³-hybridized carbons (Fsp3) is 0.333. The SMILES string of the molecule is CC1(C)C(=O)[C@](C)(Cc2ccc([N+](=O)[O-])cc2)C(=O)O[C@@H]1c1ccccc1. The van der Waals surface area contributed by atoms with Crippen molar-refractivity contribution in [3.8, 4) is 0 Å². The van der Waals surface area contributed by atoms with Gasteiger partial charge in [0.1, 0.15) is 11.5 Å². The van der Waals surface area contributed by atoms with Crippen LogP contribution in [0.3, 0.4) is 0 Å². The first-order valence-corrected chi connectivity index (χ1v) is 8.70. The highest BCUT2D eigenvalue weighted by Gasteiger charge is 2.57. The zero-order valence-corrected chi connectivity index (χ0v) is 15.5. The summed E-state index contributed by atoms with van der Waals surface area (Å²) in [7, 11) is 0. The Morgan fingerprint density at radius 1 is 1.00 bits per heavy atom. The summed E-state index contributed by atoms with van der Waals surface area (Å²) >= 11 is 0. The van der Waals surface area contributed by atoms with Gasteiger partial charge in [-0.1, -0.05) is 42.5 Å². The number of hydrogen-bond donors (Lipinski definition) is 0. The standard InChI is InChI=1S/C21H21NO5/c1-20(2)17(15-7-5-4-6-8-15)27-19(24)21(3,18(20)23)13-14-9-11-16(12-10-14)22(25)26/h4-12,17H,13H2,1-3H3/t17-,21+/m1/s1. The average Bonchev–Trinajstić information content (AvgIpc) is 2.65. The van der Waals surface area contributed by atoms with Gasteiger partial charge in [0.05, 0.1) is 10.3 Å². The van der Waals surface area contributed by atoms with Crippen LogP contribution in [0.1, 0.15) is 38.0 Å². The van der Waals surface area contributed by atoms with Crippen molar-refractivity contribution in [3.63, 3.8) is 0 Å². The lowest BCUT2D eigenvalue weighted by Gasteiger charge is -2.44. The number of nitro benzene ring substituents is 1. The maximum Gasteiger partial charge on any atom is 0.320 e. The molecule has 6 heteroatoms. The average molecular weight is 367 g/mol. The largest absolute Gasteiger partial charge is 0.456 e. The Morgan fingerprint density at radius 2 is 1.59 bits per heavy atom. The fourth-order valence-electron chi connectivity index (χ4n) is 3.72. The number of carbonyl (C=O) groups is 2. The van der Waals surface area contributed by atoms with Gasteiger partial charge < -0.3 is 4.74 Å². The minimum atomic E-state index is -1.34. The van der Waals surface area contributed by atoms with E-state index in [0.717, 1.165) is 5.56 Å². The molecule has 1 fully saturated rings. The smallest absolute Gasteiger partial charge is 0.320 e. The van der Waals surface area contributed by atoms with Gasteiger partial charge in [-0.2, -0.15) is 0 Å². The molecule has 0 bridgehead atoms. The van der Waals surface area contributed by atoms with Gasteiger partial charge in [-0.15, -0.1) is 0 Å². The van der Waals surface area contributed by atoms with Gasteiger partial charge in [-0.3, -0.25) is 19.7 Å². The second-order valence-corrected chi connectivity index (χ2v) is 7.68. The molecule has 1 heterocycles. The van der Waals surface area contributed by atoms with Crippen molar-refractivity contribution in [3.05, 3.63) is 75.8 Å². The van der Waals surface area contributed by atoms with E-state index in [1.165, 1.54) is 12.1 Å². The number of benzene rings is 2. The minimum absolute atomic E-state index is 0.0362. The van der Waals surface area contributed by atoms with E-state index >= 15 is 0 Å². The number of rotatable bonds is 4. The predicted octanol–water partition coefficient (Wildman–Crippen LogP) is 4.04. The van der Waals surface area contributed by atoms with Crippen LogP contribution in [0.4, 0.5) is 5.69 Å². The van der Waals surface area contributed by atoms with Crippen LogP contribution in [0.2, 0.25) is 0 Å². The van der Waals surface area contributed by atoms with Gasteiger partial charge in [0.2, 0.25) is 0 Å². The number of cyclic esters (lactones) is 1. The number of carbonyl (C=O) groups excluding carboxylic acids is 2. The number of nitro groups is 1. The molecule has 2 aromatic carbocycles. The monoisotopic (exact) mass is 367 g/mol. The lowest BCUT2D eigenvalue weighted by Crippen LogP contribution is -2.54. The zero-order valence-electron chi connectivity index (χ0n) is 15.5. The molecule has 0 aromatic heterocycles. The zero-order chi connectivity index (χ0) is 19.8. The van der Waals surface area contributed by atoms with Gasteiger partial charge in [0.15, 0.2) is 5.78 Å². The quantitative estimate of drug-likeness (QED) is 0.352. The number of Topliss-reactive ketones (excluding diaryl/α,β-unsaturated/α-hetero) is 1. The molecule has 0 saturated carbocycles. The molecule has 27 heavy (non-hydrogen) atoms. The third-order valence-corrected chi connectivity index (χ3v) is 5.22. The Balaban J connectivity index is 1.91. The van der Waals surface area contributed by atoms with Gasteiger partial charge in [-0.05, 0) is 38.3 Å². The van der Waals surface area contributed by atoms with Crippen molar-refractivity contribution in [1.82, 2.24) is 0 Å². The summed E-state index contributed by atoms with van der Waals surface area (Å²) < 4.78 is 5.74. The molecule has 6 nitrogen and oxygen atoms in total. The summed E-state index contributed by atoms with van der Waals surface area (Å²) in [6.45, 7) is 5.16. The summed E-state index contributed by atoms with van der Waals surface area (Å²) in [6, 6.07) is 15.1. The van der Waals surface area contributed by atoms with E-state index in [-0.39, 0.29) is 17.9 Å². The molecule has 0 aliphatic carbocycles. The van der Waals surface area contributed by atoms with Gasteiger partial charge in [-0.25, -0.2) is 0 Å². The van der Waals surface area contributed by atoms with Crippen molar-refractivity contribution in [2.24, 2.45) is 10.8 Å². The number of esters is 1. The Labute approximate surface area is 157 Å². The highest BCUT2D eigenvalue weighted by atomic mass is 16.6. The Bertz CT molecular complexity index is 889. The van der Waals surface area contributed by atoms with Gasteiger partial charge in [0.25, 0.3) is 5.69 Å². The molecule has 0 N–H and O–H groups in total. The normalized spacial score (nSPS) is 24.3. The van der Waals surface area contributed by atoms with E-state index in [1.807, 2.05) is 30.3 Å². The van der Waals surface area contributed by atoms with Crippen molar-refractivity contribution >= 4 is 17.4 Å². The fourth-order valence-corrected chi connectivity index (χ4v) is 3.72. The number of hydrogen-bond acceptors (Lipinski definition) is 5. The molecule has 2 aromatic rings. The maximum absolute atomic E-state index is 13.3. The Hall–Kier alpha value is -3.02. The topological polar surface area (TPSA) is 86.5 Å². The number of nitrogens with zero attached hydrogens (tertiary/aromatic N) is 1. The van der Waals surface area contributed by atoms with Gasteiger partial charge >= 0.3 is 5.97 Å². The highest BCUT2D eigenvalue weighted by Crippen LogP contribution is 2.48. The predicted molar refractivity (Wildman–Crippen MR) is 99.0 cm³/mol. The van der Waals surface area contributed by atoms with Crippen LogP contribution in [0.15, 0.2) is 54.6 Å². The third-order valence-electron chi connectivity index (χ3n) is 5.22. The van der Waals surface area contributed by atoms with Crippen molar-refractivity contribution < 1.29 is 19.2 Å². The summed E-state index contributed by atoms with van der Waals surface area (Å²) in [5.41, 5.74) is -0.828. The van der Waals surface area contributed by atoms with E-state index in [9.17, 15) is 19.7 Å². The van der Waals surface area contributed by atoms with Gasteiger partial charge in [0, 0.05) is 12.1 Å². The molecule has 1 aliphatic heterocycles. The molecule has 140 valence electrons. The second-order valence-electron chi connectivity index (χ2n) is 7.68. The summed E-state index contributed by atoms with van der Waals surface area (Å²) in [4.78, 5) is 36.5. The van der Waals surface area contributed by atoms with E-state index in [2.05, 4.69) is 0 Å². The first-order chi connectivity index (χ1) is 12.7. The molecular weight excluding hydrogens is 346 g/mol. The van der Waals surface area contributed by atoms with Crippen LogP contribution in [-0.4, -0.2) is 16.7 Å². The summed E-state index contributed by atoms with van der Waals surface area (Å²) in [6.07, 6.45) is -0.517. The first-order valence-electron chi connectivity index (χ1n) is 8.70. The Morgan fingerprint density at radius 3 is 2.15 bits per heavy atom. The Kier molecular flexibility index (Phi) is 4.59.